The van der Waals surface area contributed by atoms with Crippen molar-refractivity contribution in [2.24, 2.45) is 10.8 Å². The summed E-state index contributed by atoms with van der Waals surface area (Å²) in [7, 11) is 0. The molecule has 26 heavy (non-hydrogen) atoms. The van der Waals surface area contributed by atoms with E-state index in [1.807, 2.05) is 41.5 Å². The fourth-order valence-corrected chi connectivity index (χ4v) is 1.84. The van der Waals surface area contributed by atoms with Crippen LogP contribution in [0.3, 0.4) is 0 Å². The molecule has 0 saturated carbocycles. The minimum absolute atomic E-state index is 0.205. The Balaban J connectivity index is 3.28. The van der Waals surface area contributed by atoms with Gasteiger partial charge in [0.15, 0.2) is 0 Å². The molecule has 154 valence electrons. The lowest BCUT2D eigenvalue weighted by atomic mass is 9.89. The molecule has 0 amide bonds. The van der Waals surface area contributed by atoms with Gasteiger partial charge in [-0.25, -0.2) is 0 Å². The Morgan fingerprint density at radius 2 is 0.731 bits per heavy atom. The van der Waals surface area contributed by atoms with Gasteiger partial charge in [-0.1, -0.05) is 41.5 Å². The average molecular weight is 375 g/mol. The number of carbonyl (C=O) groups is 2. The lowest BCUT2D eigenvalue weighted by Crippen LogP contribution is -2.22. The van der Waals surface area contributed by atoms with E-state index >= 15 is 0 Å². The highest BCUT2D eigenvalue weighted by atomic mass is 16.6. The van der Waals surface area contributed by atoms with Gasteiger partial charge >= 0.3 is 0 Å². The Hall–Kier alpha value is -0.820. The first-order chi connectivity index (χ1) is 12.0. The number of rotatable bonds is 15. The van der Waals surface area contributed by atoms with Crippen molar-refractivity contribution in [1.29, 1.82) is 0 Å². The van der Waals surface area contributed by atoms with E-state index in [0.717, 1.165) is 0 Å². The maximum Gasteiger partial charge on any atom is 0.140 e. The molecule has 0 atom stereocenters. The third-order valence-electron chi connectivity index (χ3n) is 3.74. The number of ketones is 2. The van der Waals surface area contributed by atoms with Crippen molar-refractivity contribution in [2.45, 2.75) is 54.4 Å². The fourth-order valence-electron chi connectivity index (χ4n) is 1.84. The van der Waals surface area contributed by atoms with Gasteiger partial charge in [0.05, 0.1) is 52.9 Å². The molecule has 0 heterocycles. The van der Waals surface area contributed by atoms with Gasteiger partial charge in [-0.2, -0.15) is 0 Å². The first kappa shape index (κ1) is 25.2. The minimum Gasteiger partial charge on any atom is -0.379 e. The second-order valence-corrected chi connectivity index (χ2v) is 8.30. The standard InChI is InChI=1S/C20H38O6/c1-19(2,3)17(21)7-9-23-11-13-25-15-16-26-14-12-24-10-8-18(22)20(4,5)6/h7-16H2,1-6H3. The molecule has 0 rings (SSSR count). The molecule has 6 heteroatoms. The molecule has 0 radical (unpaired) electrons. The molecule has 0 unspecified atom stereocenters. The third-order valence-corrected chi connectivity index (χ3v) is 3.74. The van der Waals surface area contributed by atoms with Crippen LogP contribution in [0, 0.1) is 10.8 Å². The molecule has 0 fully saturated rings. The van der Waals surface area contributed by atoms with Crippen molar-refractivity contribution >= 4 is 11.6 Å². The zero-order chi connectivity index (χ0) is 20.1. The summed E-state index contributed by atoms with van der Waals surface area (Å²) in [6.07, 6.45) is 0.877. The highest BCUT2D eigenvalue weighted by Gasteiger charge is 2.20. The molecule has 0 saturated heterocycles. The Morgan fingerprint density at radius 1 is 0.500 bits per heavy atom. The molecule has 0 bridgehead atoms. The van der Waals surface area contributed by atoms with Crippen LogP contribution in [0.4, 0.5) is 0 Å². The zero-order valence-electron chi connectivity index (χ0n) is 17.5. The van der Waals surface area contributed by atoms with Gasteiger partial charge < -0.3 is 18.9 Å². The quantitative estimate of drug-likeness (QED) is 0.410. The van der Waals surface area contributed by atoms with E-state index in [-0.39, 0.29) is 22.4 Å². The molecule has 0 aromatic heterocycles. The van der Waals surface area contributed by atoms with E-state index in [4.69, 9.17) is 18.9 Å². The maximum absolute atomic E-state index is 11.7. The summed E-state index contributed by atoms with van der Waals surface area (Å²) >= 11 is 0. The van der Waals surface area contributed by atoms with Crippen LogP contribution in [0.2, 0.25) is 0 Å². The predicted molar refractivity (Wildman–Crippen MR) is 101 cm³/mol. The number of Topliss-reactive ketones (excluding diaryl/α,β-unsaturated/α-hetero) is 2. The third kappa shape index (κ3) is 14.4. The van der Waals surface area contributed by atoms with E-state index in [1.165, 1.54) is 0 Å². The maximum atomic E-state index is 11.7. The van der Waals surface area contributed by atoms with Crippen molar-refractivity contribution in [1.82, 2.24) is 0 Å². The monoisotopic (exact) mass is 374 g/mol. The minimum atomic E-state index is -0.303. The first-order valence-corrected chi connectivity index (χ1v) is 9.42. The molecule has 0 aliphatic heterocycles. The second kappa shape index (κ2) is 13.4. The Kier molecular flexibility index (Phi) is 12.9. The largest absolute Gasteiger partial charge is 0.379 e. The van der Waals surface area contributed by atoms with E-state index < -0.39 is 0 Å². The SMILES string of the molecule is CC(C)(C)C(=O)CCOCCOCCOCCOCCC(=O)C(C)(C)C. The number of hydrogen-bond donors (Lipinski definition) is 0. The summed E-state index contributed by atoms with van der Waals surface area (Å²) in [5, 5.41) is 0. The molecule has 0 aromatic rings. The highest BCUT2D eigenvalue weighted by molar-refractivity contribution is 5.84. The van der Waals surface area contributed by atoms with Crippen LogP contribution >= 0.6 is 0 Å². The lowest BCUT2D eigenvalue weighted by Gasteiger charge is -2.16. The first-order valence-electron chi connectivity index (χ1n) is 9.42. The van der Waals surface area contributed by atoms with Crippen LogP contribution in [-0.2, 0) is 28.5 Å². The average Bonchev–Trinajstić information content (AvgIpc) is 2.52. The van der Waals surface area contributed by atoms with Crippen LogP contribution in [-0.4, -0.2) is 64.4 Å². The van der Waals surface area contributed by atoms with Crippen molar-refractivity contribution in [3.8, 4) is 0 Å². The van der Waals surface area contributed by atoms with Gasteiger partial charge in [0.1, 0.15) is 11.6 Å². The lowest BCUT2D eigenvalue weighted by molar-refractivity contribution is -0.128. The summed E-state index contributed by atoms with van der Waals surface area (Å²) < 4.78 is 21.5. The summed E-state index contributed by atoms with van der Waals surface area (Å²) in [5.41, 5.74) is -0.605. The van der Waals surface area contributed by atoms with Crippen molar-refractivity contribution < 1.29 is 28.5 Å². The second-order valence-electron chi connectivity index (χ2n) is 8.30. The van der Waals surface area contributed by atoms with Gasteiger partial charge in [-0.3, -0.25) is 9.59 Å². The Labute approximate surface area is 158 Å². The van der Waals surface area contributed by atoms with Gasteiger partial charge in [-0.15, -0.1) is 0 Å². The molecule has 0 spiro atoms. The predicted octanol–water partition coefficient (Wildman–Crippen LogP) is 3.06. The van der Waals surface area contributed by atoms with Crippen molar-refractivity contribution in [3.05, 3.63) is 0 Å². The van der Waals surface area contributed by atoms with E-state index in [0.29, 0.717) is 65.7 Å². The topological polar surface area (TPSA) is 71.1 Å². The number of ether oxygens (including phenoxy) is 4. The molecular weight excluding hydrogens is 336 g/mol. The smallest absolute Gasteiger partial charge is 0.140 e. The summed E-state index contributed by atoms with van der Waals surface area (Å²) in [6, 6.07) is 0. The van der Waals surface area contributed by atoms with Gasteiger partial charge in [-0.05, 0) is 0 Å². The van der Waals surface area contributed by atoms with E-state index in [9.17, 15) is 9.59 Å². The number of carbonyl (C=O) groups excluding carboxylic acids is 2. The van der Waals surface area contributed by atoms with Crippen LogP contribution < -0.4 is 0 Å². The van der Waals surface area contributed by atoms with Crippen LogP contribution in [0.5, 0.6) is 0 Å². The highest BCUT2D eigenvalue weighted by Crippen LogP contribution is 2.17. The Morgan fingerprint density at radius 3 is 0.962 bits per heavy atom. The molecule has 0 aliphatic carbocycles. The number of hydrogen-bond acceptors (Lipinski definition) is 6. The van der Waals surface area contributed by atoms with Crippen LogP contribution in [0.25, 0.3) is 0 Å². The molecule has 0 N–H and O–H groups in total. The normalized spacial score (nSPS) is 12.4. The molecule has 6 nitrogen and oxygen atoms in total. The zero-order valence-corrected chi connectivity index (χ0v) is 17.5. The molecular formula is C20H38O6. The van der Waals surface area contributed by atoms with Crippen molar-refractivity contribution in [2.75, 3.05) is 52.9 Å². The Bertz CT molecular complexity index is 354. The summed E-state index contributed by atoms with van der Waals surface area (Å²) in [6.45, 7) is 15.2. The van der Waals surface area contributed by atoms with Crippen LogP contribution in [0.15, 0.2) is 0 Å². The van der Waals surface area contributed by atoms with Crippen LogP contribution in [0.1, 0.15) is 54.4 Å². The van der Waals surface area contributed by atoms with Gasteiger partial charge in [0.25, 0.3) is 0 Å². The fraction of sp³-hybridized carbons (Fsp3) is 0.900. The summed E-state index contributed by atoms with van der Waals surface area (Å²) in [4.78, 5) is 23.4. The summed E-state index contributed by atoms with van der Waals surface area (Å²) in [5.74, 6) is 0.411. The van der Waals surface area contributed by atoms with Gasteiger partial charge in [0.2, 0.25) is 0 Å². The van der Waals surface area contributed by atoms with Crippen molar-refractivity contribution in [3.63, 3.8) is 0 Å². The van der Waals surface area contributed by atoms with Gasteiger partial charge in [0, 0.05) is 23.7 Å². The van der Waals surface area contributed by atoms with E-state index in [2.05, 4.69) is 0 Å². The molecule has 0 aromatic carbocycles. The molecule has 0 aliphatic rings. The van der Waals surface area contributed by atoms with E-state index in [1.54, 1.807) is 0 Å².